The smallest absolute Gasteiger partial charge is 0.240 e. The lowest BCUT2D eigenvalue weighted by molar-refractivity contribution is 0.0699. The van der Waals surface area contributed by atoms with E-state index in [0.29, 0.717) is 26.2 Å². The maximum absolute atomic E-state index is 13.0. The van der Waals surface area contributed by atoms with Crippen LogP contribution in [0.3, 0.4) is 0 Å². The summed E-state index contributed by atoms with van der Waals surface area (Å²) < 4.78 is 49.1. The van der Waals surface area contributed by atoms with Gasteiger partial charge in [0.05, 0.1) is 23.8 Å². The minimum absolute atomic E-state index is 0.0586. The lowest BCUT2D eigenvalue weighted by atomic mass is 10.3. The molecule has 0 bridgehead atoms. The quantitative estimate of drug-likeness (QED) is 0.519. The van der Waals surface area contributed by atoms with Gasteiger partial charge in [0.25, 0.3) is 0 Å². The van der Waals surface area contributed by atoms with Crippen LogP contribution in [0.1, 0.15) is 6.42 Å². The van der Waals surface area contributed by atoms with Crippen molar-refractivity contribution >= 4 is 15.7 Å². The fraction of sp³-hybridized carbons (Fsp3) is 0.500. The minimum Gasteiger partial charge on any atom is -0.396 e. The van der Waals surface area contributed by atoms with E-state index in [1.54, 1.807) is 7.11 Å². The number of nitrogens with one attached hydrogen (secondary N) is 1. The molecular weight excluding hydrogens is 287 g/mol. The van der Waals surface area contributed by atoms with Crippen molar-refractivity contribution in [2.24, 2.45) is 0 Å². The van der Waals surface area contributed by atoms with E-state index in [0.717, 1.165) is 12.1 Å². The molecule has 0 saturated carbocycles. The highest BCUT2D eigenvalue weighted by molar-refractivity contribution is 7.89. The molecule has 0 radical (unpaired) electrons. The van der Waals surface area contributed by atoms with Gasteiger partial charge in [0, 0.05) is 20.3 Å². The highest BCUT2D eigenvalue weighted by Crippen LogP contribution is 2.16. The Morgan fingerprint density at radius 1 is 1.30 bits per heavy atom. The first kappa shape index (κ1) is 16.8. The summed E-state index contributed by atoms with van der Waals surface area (Å²) in [5.74, 6) is -0.643. The number of benzene rings is 1. The minimum atomic E-state index is -3.67. The number of nitrogens with two attached hydrogens (primary N) is 1. The van der Waals surface area contributed by atoms with Gasteiger partial charge in [0.1, 0.15) is 5.82 Å². The Bertz CT molecular complexity index is 522. The molecule has 8 heteroatoms. The molecule has 0 fully saturated rings. The Kier molecular flexibility index (Phi) is 6.86. The first-order valence-corrected chi connectivity index (χ1v) is 7.57. The molecule has 0 aliphatic carbocycles. The van der Waals surface area contributed by atoms with Crippen LogP contribution in [-0.4, -0.2) is 41.9 Å². The number of hydrogen-bond acceptors (Lipinski definition) is 5. The molecule has 20 heavy (non-hydrogen) atoms. The maximum atomic E-state index is 13.0. The standard InChI is InChI=1S/C12H19FN2O4S/c1-18-7-8-19-6-2-5-15-20(16,17)10-3-4-11(13)12(14)9-10/h3-4,9,15H,2,5-8,14H2,1H3. The number of hydrogen-bond donors (Lipinski definition) is 2. The van der Waals surface area contributed by atoms with E-state index >= 15 is 0 Å². The van der Waals surface area contributed by atoms with Crippen LogP contribution in [-0.2, 0) is 19.5 Å². The third kappa shape index (κ3) is 5.41. The van der Waals surface area contributed by atoms with E-state index in [1.165, 1.54) is 6.07 Å². The van der Waals surface area contributed by atoms with Gasteiger partial charge in [-0.3, -0.25) is 0 Å². The average molecular weight is 306 g/mol. The van der Waals surface area contributed by atoms with Gasteiger partial charge in [-0.2, -0.15) is 0 Å². The van der Waals surface area contributed by atoms with Crippen molar-refractivity contribution in [2.45, 2.75) is 11.3 Å². The zero-order valence-corrected chi connectivity index (χ0v) is 12.1. The van der Waals surface area contributed by atoms with Crippen molar-refractivity contribution in [1.29, 1.82) is 0 Å². The maximum Gasteiger partial charge on any atom is 0.240 e. The monoisotopic (exact) mass is 306 g/mol. The van der Waals surface area contributed by atoms with Crippen molar-refractivity contribution in [3.63, 3.8) is 0 Å². The van der Waals surface area contributed by atoms with Gasteiger partial charge >= 0.3 is 0 Å². The van der Waals surface area contributed by atoms with Crippen LogP contribution in [0.5, 0.6) is 0 Å². The molecule has 0 heterocycles. The Labute approximate surface area is 118 Å². The number of sulfonamides is 1. The molecular formula is C12H19FN2O4S. The average Bonchev–Trinajstić information content (AvgIpc) is 2.40. The Morgan fingerprint density at radius 3 is 2.70 bits per heavy atom. The van der Waals surface area contributed by atoms with Crippen LogP contribution >= 0.6 is 0 Å². The van der Waals surface area contributed by atoms with Gasteiger partial charge in [-0.1, -0.05) is 0 Å². The molecule has 0 aromatic heterocycles. The van der Waals surface area contributed by atoms with Gasteiger partial charge < -0.3 is 15.2 Å². The number of anilines is 1. The van der Waals surface area contributed by atoms with Crippen LogP contribution in [0.2, 0.25) is 0 Å². The highest BCUT2D eigenvalue weighted by Gasteiger charge is 2.14. The van der Waals surface area contributed by atoms with E-state index in [-0.39, 0.29) is 17.1 Å². The molecule has 0 aliphatic rings. The van der Waals surface area contributed by atoms with Crippen molar-refractivity contribution in [2.75, 3.05) is 39.2 Å². The zero-order chi connectivity index (χ0) is 15.0. The predicted octanol–water partition coefficient (Wildman–Crippen LogP) is 0.739. The first-order chi connectivity index (χ1) is 9.47. The second-order valence-electron chi connectivity index (χ2n) is 4.04. The van der Waals surface area contributed by atoms with Gasteiger partial charge in [-0.25, -0.2) is 17.5 Å². The normalized spacial score (nSPS) is 11.7. The van der Waals surface area contributed by atoms with E-state index in [2.05, 4.69) is 4.72 Å². The lowest BCUT2D eigenvalue weighted by Crippen LogP contribution is -2.25. The summed E-state index contributed by atoms with van der Waals surface area (Å²) in [5, 5.41) is 0. The van der Waals surface area contributed by atoms with Gasteiger partial charge in [-0.05, 0) is 24.6 Å². The molecule has 0 atom stereocenters. The molecule has 1 aromatic rings. The summed E-state index contributed by atoms with van der Waals surface area (Å²) in [6.07, 6.45) is 0.527. The summed E-state index contributed by atoms with van der Waals surface area (Å²) in [5.41, 5.74) is 5.14. The lowest BCUT2D eigenvalue weighted by Gasteiger charge is -2.08. The Morgan fingerprint density at radius 2 is 2.05 bits per heavy atom. The fourth-order valence-electron chi connectivity index (χ4n) is 1.40. The van der Waals surface area contributed by atoms with Crippen molar-refractivity contribution < 1.29 is 22.3 Å². The van der Waals surface area contributed by atoms with Crippen LogP contribution < -0.4 is 10.5 Å². The Balaban J connectivity index is 2.40. The van der Waals surface area contributed by atoms with Crippen LogP contribution in [0, 0.1) is 5.82 Å². The van der Waals surface area contributed by atoms with Crippen LogP contribution in [0.4, 0.5) is 10.1 Å². The number of methoxy groups -OCH3 is 1. The van der Waals surface area contributed by atoms with Gasteiger partial charge in [0.2, 0.25) is 10.0 Å². The van der Waals surface area contributed by atoms with E-state index in [1.807, 2.05) is 0 Å². The molecule has 0 unspecified atom stereocenters. The second-order valence-corrected chi connectivity index (χ2v) is 5.81. The van der Waals surface area contributed by atoms with Crippen LogP contribution in [0.25, 0.3) is 0 Å². The molecule has 6 nitrogen and oxygen atoms in total. The molecule has 3 N–H and O–H groups in total. The predicted molar refractivity (Wildman–Crippen MR) is 73.3 cm³/mol. The van der Waals surface area contributed by atoms with Crippen LogP contribution in [0.15, 0.2) is 23.1 Å². The summed E-state index contributed by atoms with van der Waals surface area (Å²) in [6, 6.07) is 3.29. The molecule has 0 spiro atoms. The molecule has 1 rings (SSSR count). The second kappa shape index (κ2) is 8.15. The zero-order valence-electron chi connectivity index (χ0n) is 11.3. The molecule has 114 valence electrons. The summed E-state index contributed by atoms with van der Waals surface area (Å²) >= 11 is 0. The molecule has 1 aromatic carbocycles. The van der Waals surface area contributed by atoms with Crippen molar-refractivity contribution in [3.8, 4) is 0 Å². The Hall–Kier alpha value is -1.22. The van der Waals surface area contributed by atoms with E-state index < -0.39 is 15.8 Å². The number of ether oxygens (including phenoxy) is 2. The van der Waals surface area contributed by atoms with Gasteiger partial charge in [-0.15, -0.1) is 0 Å². The number of halogens is 1. The topological polar surface area (TPSA) is 90.6 Å². The largest absolute Gasteiger partial charge is 0.396 e. The molecule has 0 saturated heterocycles. The van der Waals surface area contributed by atoms with Crippen molar-refractivity contribution in [3.05, 3.63) is 24.0 Å². The van der Waals surface area contributed by atoms with E-state index in [9.17, 15) is 12.8 Å². The van der Waals surface area contributed by atoms with Gasteiger partial charge in [0.15, 0.2) is 0 Å². The number of rotatable bonds is 9. The third-order valence-electron chi connectivity index (χ3n) is 2.47. The third-order valence-corrected chi connectivity index (χ3v) is 3.93. The molecule has 0 amide bonds. The number of nitrogen functional groups attached to an aromatic ring is 1. The summed E-state index contributed by atoms with van der Waals surface area (Å²) in [6.45, 7) is 1.63. The molecule has 0 aliphatic heterocycles. The summed E-state index contributed by atoms with van der Waals surface area (Å²) in [4.78, 5) is -0.0586. The highest BCUT2D eigenvalue weighted by atomic mass is 32.2. The SMILES string of the molecule is COCCOCCCNS(=O)(=O)c1ccc(F)c(N)c1. The van der Waals surface area contributed by atoms with E-state index in [4.69, 9.17) is 15.2 Å². The first-order valence-electron chi connectivity index (χ1n) is 6.09. The van der Waals surface area contributed by atoms with Crippen molar-refractivity contribution in [1.82, 2.24) is 4.72 Å². The fourth-order valence-corrected chi connectivity index (χ4v) is 2.51. The summed E-state index contributed by atoms with van der Waals surface area (Å²) in [7, 11) is -2.10.